The number of nitrogens with one attached hydrogen (secondary N) is 1. The predicted octanol–water partition coefficient (Wildman–Crippen LogP) is 1.64. The number of carbonyl (C=O) groups excluding carboxylic acids is 1. The minimum Gasteiger partial charge on any atom is -0.444 e. The Balaban J connectivity index is 1.82. The lowest BCUT2D eigenvalue weighted by molar-refractivity contribution is 0.0252. The molecule has 1 unspecified atom stereocenters. The lowest BCUT2D eigenvalue weighted by Crippen LogP contribution is -2.43. The average Bonchev–Trinajstić information content (AvgIpc) is 2.88. The molecule has 2 saturated heterocycles. The van der Waals surface area contributed by atoms with Gasteiger partial charge in [0.1, 0.15) is 5.60 Å². The molecule has 2 aliphatic rings. The first-order valence-corrected chi connectivity index (χ1v) is 8.21. The van der Waals surface area contributed by atoms with Crippen LogP contribution in [0.3, 0.4) is 0 Å². The standard InChI is InChI=1S/C16H30N2O4/c1-16(2,3)22-15(19)18-10-13(14(11-18)20-4)17-9-12-5-7-21-8-6-12/h12-14,17H,5-11H2,1-4H3/t13?,14-/m0/s1. The van der Waals surface area contributed by atoms with Gasteiger partial charge < -0.3 is 24.4 Å². The molecule has 0 saturated carbocycles. The van der Waals surface area contributed by atoms with Crippen molar-refractivity contribution in [2.75, 3.05) is 40.0 Å². The van der Waals surface area contributed by atoms with Gasteiger partial charge in [-0.2, -0.15) is 0 Å². The summed E-state index contributed by atoms with van der Waals surface area (Å²) in [6, 6.07) is 0.167. The Morgan fingerprint density at radius 1 is 1.27 bits per heavy atom. The van der Waals surface area contributed by atoms with Crippen LogP contribution >= 0.6 is 0 Å². The predicted molar refractivity (Wildman–Crippen MR) is 83.9 cm³/mol. The molecule has 0 aromatic heterocycles. The monoisotopic (exact) mass is 314 g/mol. The van der Waals surface area contributed by atoms with Gasteiger partial charge >= 0.3 is 6.09 Å². The van der Waals surface area contributed by atoms with E-state index in [9.17, 15) is 4.79 Å². The molecule has 128 valence electrons. The summed E-state index contributed by atoms with van der Waals surface area (Å²) >= 11 is 0. The zero-order valence-corrected chi connectivity index (χ0v) is 14.3. The summed E-state index contributed by atoms with van der Waals surface area (Å²) in [4.78, 5) is 13.9. The highest BCUT2D eigenvalue weighted by Gasteiger charge is 2.37. The number of hydrogen-bond donors (Lipinski definition) is 1. The number of ether oxygens (including phenoxy) is 3. The zero-order chi connectivity index (χ0) is 16.2. The molecule has 0 aliphatic carbocycles. The molecule has 2 rings (SSSR count). The molecule has 6 nitrogen and oxygen atoms in total. The molecule has 22 heavy (non-hydrogen) atoms. The van der Waals surface area contributed by atoms with Gasteiger partial charge in [-0.3, -0.25) is 0 Å². The first kappa shape index (κ1) is 17.5. The summed E-state index contributed by atoms with van der Waals surface area (Å²) in [5.74, 6) is 0.654. The van der Waals surface area contributed by atoms with Crippen LogP contribution in [0.2, 0.25) is 0 Å². The maximum absolute atomic E-state index is 12.2. The van der Waals surface area contributed by atoms with E-state index in [1.165, 1.54) is 0 Å². The van der Waals surface area contributed by atoms with Gasteiger partial charge in [-0.1, -0.05) is 0 Å². The second kappa shape index (κ2) is 7.62. The Kier molecular flexibility index (Phi) is 6.06. The quantitative estimate of drug-likeness (QED) is 0.855. The van der Waals surface area contributed by atoms with Crippen LogP contribution in [0.15, 0.2) is 0 Å². The Morgan fingerprint density at radius 2 is 1.95 bits per heavy atom. The number of hydrogen-bond acceptors (Lipinski definition) is 5. The van der Waals surface area contributed by atoms with Crippen LogP contribution in [-0.4, -0.2) is 68.7 Å². The minimum atomic E-state index is -0.465. The smallest absolute Gasteiger partial charge is 0.410 e. The molecular weight excluding hydrogens is 284 g/mol. The molecule has 2 fully saturated rings. The molecule has 0 aromatic rings. The fraction of sp³-hybridized carbons (Fsp3) is 0.938. The van der Waals surface area contributed by atoms with E-state index in [-0.39, 0.29) is 18.2 Å². The number of methoxy groups -OCH3 is 1. The number of rotatable bonds is 4. The van der Waals surface area contributed by atoms with Crippen LogP contribution in [0.1, 0.15) is 33.6 Å². The fourth-order valence-electron chi connectivity index (χ4n) is 2.95. The van der Waals surface area contributed by atoms with E-state index < -0.39 is 5.60 Å². The van der Waals surface area contributed by atoms with Crippen molar-refractivity contribution in [3.05, 3.63) is 0 Å². The van der Waals surface area contributed by atoms with E-state index >= 15 is 0 Å². The lowest BCUT2D eigenvalue weighted by Gasteiger charge is -2.26. The highest BCUT2D eigenvalue weighted by atomic mass is 16.6. The van der Waals surface area contributed by atoms with Crippen LogP contribution in [-0.2, 0) is 14.2 Å². The highest BCUT2D eigenvalue weighted by Crippen LogP contribution is 2.19. The summed E-state index contributed by atoms with van der Waals surface area (Å²) in [7, 11) is 1.70. The van der Waals surface area contributed by atoms with E-state index in [4.69, 9.17) is 14.2 Å². The number of nitrogens with zero attached hydrogens (tertiary/aromatic N) is 1. The summed E-state index contributed by atoms with van der Waals surface area (Å²) in [6.07, 6.45) is 1.97. The van der Waals surface area contributed by atoms with Crippen molar-refractivity contribution < 1.29 is 19.0 Å². The molecule has 2 heterocycles. The summed E-state index contributed by atoms with van der Waals surface area (Å²) in [5, 5.41) is 3.57. The average molecular weight is 314 g/mol. The van der Waals surface area contributed by atoms with Crippen LogP contribution in [0.25, 0.3) is 0 Å². The highest BCUT2D eigenvalue weighted by molar-refractivity contribution is 5.68. The summed E-state index contributed by atoms with van der Waals surface area (Å²) < 4.78 is 16.4. The second-order valence-corrected chi connectivity index (χ2v) is 7.23. The lowest BCUT2D eigenvalue weighted by atomic mass is 10.00. The second-order valence-electron chi connectivity index (χ2n) is 7.23. The van der Waals surface area contributed by atoms with E-state index in [0.29, 0.717) is 19.0 Å². The molecule has 2 atom stereocenters. The van der Waals surface area contributed by atoms with Gasteiger partial charge in [0, 0.05) is 26.9 Å². The van der Waals surface area contributed by atoms with Crippen LogP contribution < -0.4 is 5.32 Å². The van der Waals surface area contributed by atoms with Crippen molar-refractivity contribution in [1.29, 1.82) is 0 Å². The number of likely N-dealkylation sites (tertiary alicyclic amines) is 1. The molecule has 1 N–H and O–H groups in total. The molecule has 2 aliphatic heterocycles. The third kappa shape index (κ3) is 5.11. The fourth-order valence-corrected chi connectivity index (χ4v) is 2.95. The summed E-state index contributed by atoms with van der Waals surface area (Å²) in [5.41, 5.74) is -0.465. The SMILES string of the molecule is CO[C@H]1CN(C(=O)OC(C)(C)C)CC1NCC1CCOCC1. The zero-order valence-electron chi connectivity index (χ0n) is 14.3. The van der Waals surface area contributed by atoms with Gasteiger partial charge in [0.15, 0.2) is 0 Å². The van der Waals surface area contributed by atoms with Gasteiger partial charge in [0.05, 0.1) is 18.7 Å². The Morgan fingerprint density at radius 3 is 2.55 bits per heavy atom. The van der Waals surface area contributed by atoms with Crippen LogP contribution in [0.5, 0.6) is 0 Å². The minimum absolute atomic E-state index is 0.0207. The normalized spacial score (nSPS) is 27.2. The van der Waals surface area contributed by atoms with E-state index in [0.717, 1.165) is 32.6 Å². The largest absolute Gasteiger partial charge is 0.444 e. The maximum atomic E-state index is 12.2. The van der Waals surface area contributed by atoms with Crippen LogP contribution in [0, 0.1) is 5.92 Å². The van der Waals surface area contributed by atoms with Crippen molar-refractivity contribution in [3.8, 4) is 0 Å². The van der Waals surface area contributed by atoms with Crippen molar-refractivity contribution >= 4 is 6.09 Å². The Labute approximate surface area is 133 Å². The molecular formula is C16H30N2O4. The molecule has 6 heteroatoms. The first-order chi connectivity index (χ1) is 10.4. The van der Waals surface area contributed by atoms with Gasteiger partial charge in [-0.15, -0.1) is 0 Å². The van der Waals surface area contributed by atoms with Crippen LogP contribution in [0.4, 0.5) is 4.79 Å². The van der Waals surface area contributed by atoms with Gasteiger partial charge in [-0.25, -0.2) is 4.79 Å². The van der Waals surface area contributed by atoms with Gasteiger partial charge in [0.2, 0.25) is 0 Å². The molecule has 0 radical (unpaired) electrons. The Bertz CT molecular complexity index is 364. The molecule has 0 aromatic carbocycles. The van der Waals surface area contributed by atoms with Crippen molar-refractivity contribution in [1.82, 2.24) is 10.2 Å². The van der Waals surface area contributed by atoms with E-state index in [2.05, 4.69) is 5.32 Å². The van der Waals surface area contributed by atoms with Crippen molar-refractivity contribution in [3.63, 3.8) is 0 Å². The third-order valence-corrected chi connectivity index (χ3v) is 4.23. The van der Waals surface area contributed by atoms with Crippen molar-refractivity contribution in [2.45, 2.75) is 51.4 Å². The summed E-state index contributed by atoms with van der Waals surface area (Å²) in [6.45, 7) is 9.54. The Hall–Kier alpha value is -0.850. The third-order valence-electron chi connectivity index (χ3n) is 4.23. The number of amides is 1. The first-order valence-electron chi connectivity index (χ1n) is 8.21. The molecule has 1 amide bonds. The topological polar surface area (TPSA) is 60.0 Å². The molecule has 0 bridgehead atoms. The van der Waals surface area contributed by atoms with E-state index in [1.807, 2.05) is 20.8 Å². The van der Waals surface area contributed by atoms with E-state index in [1.54, 1.807) is 12.0 Å². The maximum Gasteiger partial charge on any atom is 0.410 e. The van der Waals surface area contributed by atoms with Gasteiger partial charge in [-0.05, 0) is 46.1 Å². The van der Waals surface area contributed by atoms with Gasteiger partial charge in [0.25, 0.3) is 0 Å². The number of carbonyl (C=O) groups is 1. The van der Waals surface area contributed by atoms with Crippen molar-refractivity contribution in [2.24, 2.45) is 5.92 Å². The molecule has 0 spiro atoms.